The molecule has 2 atom stereocenters. The van der Waals surface area contributed by atoms with Crippen molar-refractivity contribution in [2.75, 3.05) is 26.7 Å². The van der Waals surface area contributed by atoms with Gasteiger partial charge in [0.2, 0.25) is 5.91 Å². The first-order chi connectivity index (χ1) is 9.75. The van der Waals surface area contributed by atoms with Gasteiger partial charge in [0, 0.05) is 20.1 Å². The summed E-state index contributed by atoms with van der Waals surface area (Å²) in [5.74, 6) is 0.181. The molecular formula is C16H23ClN2O2. The fraction of sp³-hybridized carbons (Fsp3) is 0.562. The lowest BCUT2D eigenvalue weighted by Crippen LogP contribution is -2.42. The molecule has 0 radical (unpaired) electrons. The van der Waals surface area contributed by atoms with Crippen LogP contribution >= 0.6 is 12.4 Å². The van der Waals surface area contributed by atoms with E-state index in [2.05, 4.69) is 29.6 Å². The number of nitrogens with zero attached hydrogens (tertiary/aromatic N) is 1. The molecule has 1 aromatic carbocycles. The second-order valence-electron chi connectivity index (χ2n) is 5.66. The molecule has 0 bridgehead atoms. The van der Waals surface area contributed by atoms with Crippen LogP contribution < -0.4 is 5.32 Å². The summed E-state index contributed by atoms with van der Waals surface area (Å²) in [6, 6.07) is 8.68. The maximum Gasteiger partial charge on any atom is 0.225 e. The third-order valence-electron chi connectivity index (χ3n) is 4.37. The summed E-state index contributed by atoms with van der Waals surface area (Å²) < 4.78 is 5.62. The summed E-state index contributed by atoms with van der Waals surface area (Å²) in [6.07, 6.45) is 2.60. The molecule has 1 N–H and O–H groups in total. The number of fused-ring (bicyclic) bond motifs is 1. The van der Waals surface area contributed by atoms with E-state index >= 15 is 0 Å². The third-order valence-corrected chi connectivity index (χ3v) is 4.37. The van der Waals surface area contributed by atoms with Crippen molar-refractivity contribution in [1.82, 2.24) is 10.2 Å². The highest BCUT2D eigenvalue weighted by molar-refractivity contribution is 5.85. The number of rotatable bonds is 3. The molecule has 3 rings (SSSR count). The van der Waals surface area contributed by atoms with Crippen LogP contribution in [0, 0.1) is 0 Å². The number of carbonyl (C=O) groups excluding carboxylic acids is 1. The summed E-state index contributed by atoms with van der Waals surface area (Å²) in [5.41, 5.74) is 2.69. The number of amides is 1. The van der Waals surface area contributed by atoms with E-state index in [1.807, 2.05) is 11.9 Å². The van der Waals surface area contributed by atoms with E-state index in [0.717, 1.165) is 25.9 Å². The minimum Gasteiger partial charge on any atom is -0.375 e. The number of morpholine rings is 1. The van der Waals surface area contributed by atoms with Crippen molar-refractivity contribution in [3.63, 3.8) is 0 Å². The topological polar surface area (TPSA) is 41.6 Å². The first kappa shape index (κ1) is 16.3. The molecule has 116 valence electrons. The van der Waals surface area contributed by atoms with Gasteiger partial charge in [0.05, 0.1) is 25.2 Å². The molecule has 0 spiro atoms. The molecule has 0 aromatic heterocycles. The van der Waals surface area contributed by atoms with Gasteiger partial charge in [0.25, 0.3) is 0 Å². The lowest BCUT2D eigenvalue weighted by molar-refractivity contribution is -0.135. The van der Waals surface area contributed by atoms with Crippen molar-refractivity contribution in [2.24, 2.45) is 0 Å². The number of ether oxygens (including phenoxy) is 1. The highest BCUT2D eigenvalue weighted by Crippen LogP contribution is 2.35. The molecule has 1 heterocycles. The van der Waals surface area contributed by atoms with Crippen LogP contribution in [0.25, 0.3) is 0 Å². The van der Waals surface area contributed by atoms with Crippen LogP contribution in [0.1, 0.15) is 30.0 Å². The highest BCUT2D eigenvalue weighted by Gasteiger charge is 2.29. The molecule has 1 saturated heterocycles. The van der Waals surface area contributed by atoms with E-state index in [0.29, 0.717) is 13.0 Å². The van der Waals surface area contributed by atoms with Crippen LogP contribution in [0.15, 0.2) is 24.3 Å². The Labute approximate surface area is 132 Å². The number of benzene rings is 1. The molecule has 1 aliphatic carbocycles. The Morgan fingerprint density at radius 1 is 1.43 bits per heavy atom. The zero-order chi connectivity index (χ0) is 13.9. The first-order valence-electron chi connectivity index (χ1n) is 7.41. The van der Waals surface area contributed by atoms with E-state index in [4.69, 9.17) is 4.74 Å². The number of halogens is 1. The van der Waals surface area contributed by atoms with Crippen molar-refractivity contribution in [3.05, 3.63) is 35.4 Å². The van der Waals surface area contributed by atoms with Crippen LogP contribution in [0.5, 0.6) is 0 Å². The van der Waals surface area contributed by atoms with Crippen LogP contribution in [-0.4, -0.2) is 43.7 Å². The summed E-state index contributed by atoms with van der Waals surface area (Å²) >= 11 is 0. The van der Waals surface area contributed by atoms with E-state index in [1.54, 1.807) is 0 Å². The second kappa shape index (κ2) is 7.25. The van der Waals surface area contributed by atoms with Crippen molar-refractivity contribution in [2.45, 2.75) is 31.4 Å². The summed E-state index contributed by atoms with van der Waals surface area (Å²) in [5, 5.41) is 3.27. The average Bonchev–Trinajstić information content (AvgIpc) is 2.91. The molecule has 5 heteroatoms. The Bertz CT molecular complexity index is 489. The van der Waals surface area contributed by atoms with Gasteiger partial charge in [0.1, 0.15) is 0 Å². The first-order valence-corrected chi connectivity index (χ1v) is 7.41. The standard InChI is InChI=1S/C16H22N2O2.ClH/c1-18(16(19)10-13-11-17-8-9-20-13)15-7-6-12-4-2-3-5-14(12)15;/h2-5,13,15,17H,6-11H2,1H3;1H. The predicted octanol–water partition coefficient (Wildman–Crippen LogP) is 1.93. The molecule has 1 aromatic rings. The monoisotopic (exact) mass is 310 g/mol. The second-order valence-corrected chi connectivity index (χ2v) is 5.66. The lowest BCUT2D eigenvalue weighted by atomic mass is 10.1. The van der Waals surface area contributed by atoms with Crippen molar-refractivity contribution in [3.8, 4) is 0 Å². The van der Waals surface area contributed by atoms with E-state index < -0.39 is 0 Å². The van der Waals surface area contributed by atoms with E-state index in [9.17, 15) is 4.79 Å². The Balaban J connectivity index is 0.00000161. The average molecular weight is 311 g/mol. The summed E-state index contributed by atoms with van der Waals surface area (Å²) in [6.45, 7) is 2.37. The Hall–Kier alpha value is -1.10. The smallest absolute Gasteiger partial charge is 0.225 e. The largest absolute Gasteiger partial charge is 0.375 e. The minimum absolute atomic E-state index is 0. The van der Waals surface area contributed by atoms with E-state index in [-0.39, 0.29) is 30.5 Å². The molecule has 2 aliphatic rings. The van der Waals surface area contributed by atoms with Gasteiger partial charge in [-0.15, -0.1) is 12.4 Å². The van der Waals surface area contributed by atoms with Crippen LogP contribution in [-0.2, 0) is 16.0 Å². The highest BCUT2D eigenvalue weighted by atomic mass is 35.5. The zero-order valence-electron chi connectivity index (χ0n) is 12.4. The Kier molecular flexibility index (Phi) is 5.62. The molecule has 2 unspecified atom stereocenters. The van der Waals surface area contributed by atoms with Gasteiger partial charge in [-0.05, 0) is 24.0 Å². The maximum absolute atomic E-state index is 12.4. The van der Waals surface area contributed by atoms with Gasteiger partial charge in [-0.1, -0.05) is 24.3 Å². The number of carbonyl (C=O) groups is 1. The molecule has 1 fully saturated rings. The number of hydrogen-bond donors (Lipinski definition) is 1. The molecular weight excluding hydrogens is 288 g/mol. The predicted molar refractivity (Wildman–Crippen MR) is 84.7 cm³/mol. The quantitative estimate of drug-likeness (QED) is 0.927. The van der Waals surface area contributed by atoms with Gasteiger partial charge in [-0.25, -0.2) is 0 Å². The zero-order valence-corrected chi connectivity index (χ0v) is 13.2. The van der Waals surface area contributed by atoms with Gasteiger partial charge >= 0.3 is 0 Å². The van der Waals surface area contributed by atoms with Crippen molar-refractivity contribution in [1.29, 1.82) is 0 Å². The molecule has 21 heavy (non-hydrogen) atoms. The molecule has 4 nitrogen and oxygen atoms in total. The summed E-state index contributed by atoms with van der Waals surface area (Å²) in [4.78, 5) is 14.3. The fourth-order valence-corrected chi connectivity index (χ4v) is 3.20. The van der Waals surface area contributed by atoms with Crippen LogP contribution in [0.2, 0.25) is 0 Å². The minimum atomic E-state index is 0. The third kappa shape index (κ3) is 3.57. The van der Waals surface area contributed by atoms with Crippen LogP contribution in [0.3, 0.4) is 0 Å². The number of hydrogen-bond acceptors (Lipinski definition) is 3. The van der Waals surface area contributed by atoms with Gasteiger partial charge in [-0.3, -0.25) is 4.79 Å². The normalized spacial score (nSPS) is 24.0. The Morgan fingerprint density at radius 3 is 3.00 bits per heavy atom. The molecule has 0 saturated carbocycles. The molecule has 1 amide bonds. The van der Waals surface area contributed by atoms with Gasteiger partial charge in [-0.2, -0.15) is 0 Å². The lowest BCUT2D eigenvalue weighted by Gasteiger charge is -2.29. The van der Waals surface area contributed by atoms with Gasteiger partial charge < -0.3 is 15.0 Å². The Morgan fingerprint density at radius 2 is 2.24 bits per heavy atom. The van der Waals surface area contributed by atoms with Crippen LogP contribution in [0.4, 0.5) is 0 Å². The van der Waals surface area contributed by atoms with Crippen molar-refractivity contribution < 1.29 is 9.53 Å². The SMILES string of the molecule is CN(C(=O)CC1CNCCO1)C1CCc2ccccc21.Cl. The van der Waals surface area contributed by atoms with E-state index in [1.165, 1.54) is 11.1 Å². The van der Waals surface area contributed by atoms with Gasteiger partial charge in [0.15, 0.2) is 0 Å². The maximum atomic E-state index is 12.4. The molecule has 1 aliphatic heterocycles. The number of aryl methyl sites for hydroxylation is 1. The number of nitrogens with one attached hydrogen (secondary N) is 1. The fourth-order valence-electron chi connectivity index (χ4n) is 3.20. The summed E-state index contributed by atoms with van der Waals surface area (Å²) in [7, 11) is 1.92. The van der Waals surface area contributed by atoms with Crippen molar-refractivity contribution >= 4 is 18.3 Å².